The average Bonchev–Trinajstić information content (AvgIpc) is 3.27. The summed E-state index contributed by atoms with van der Waals surface area (Å²) in [5.74, 6) is -0.105. The number of piperidine rings is 1. The summed E-state index contributed by atoms with van der Waals surface area (Å²) < 4.78 is 4.82. The van der Waals surface area contributed by atoms with Gasteiger partial charge in [0.15, 0.2) is 0 Å². The summed E-state index contributed by atoms with van der Waals surface area (Å²) in [6.45, 7) is 1.35. The van der Waals surface area contributed by atoms with Gasteiger partial charge in [-0.2, -0.15) is 5.26 Å². The number of likely N-dealkylation sites (tertiary alicyclic amines) is 1. The quantitative estimate of drug-likeness (QED) is 0.783. The number of nitriles is 1. The van der Waals surface area contributed by atoms with Crippen molar-refractivity contribution >= 4 is 11.9 Å². The van der Waals surface area contributed by atoms with Crippen molar-refractivity contribution in [1.82, 2.24) is 4.90 Å². The smallest absolute Gasteiger partial charge is 0.309 e. The number of methoxy groups -OCH3 is 1. The fourth-order valence-corrected chi connectivity index (χ4v) is 3.40. The van der Waals surface area contributed by atoms with Gasteiger partial charge in [0.05, 0.1) is 24.7 Å². The van der Waals surface area contributed by atoms with Crippen LogP contribution in [0.5, 0.6) is 0 Å². The van der Waals surface area contributed by atoms with Crippen LogP contribution in [0.15, 0.2) is 24.3 Å². The van der Waals surface area contributed by atoms with E-state index in [9.17, 15) is 9.59 Å². The fourth-order valence-electron chi connectivity index (χ4n) is 3.40. The van der Waals surface area contributed by atoms with E-state index in [2.05, 4.69) is 0 Å². The molecule has 0 aromatic heterocycles. The largest absolute Gasteiger partial charge is 0.469 e. The number of carbonyl (C=O) groups is 2. The zero-order chi connectivity index (χ0) is 15.7. The van der Waals surface area contributed by atoms with Crippen LogP contribution in [-0.2, 0) is 9.53 Å². The summed E-state index contributed by atoms with van der Waals surface area (Å²) in [6, 6.07) is 8.75. The standard InChI is InChI=1S/C17H18N2O3/c1-22-16(21)14-10-17(14)6-8-19(9-7-17)15(20)13-4-2-12(11-18)3-5-13/h2-5,14H,6-10H2,1H3/t14-/m1/s1. The molecule has 1 aromatic rings. The van der Waals surface area contributed by atoms with Gasteiger partial charge in [0, 0.05) is 18.7 Å². The molecule has 1 aromatic carbocycles. The lowest BCUT2D eigenvalue weighted by atomic mass is 9.90. The first-order chi connectivity index (χ1) is 10.6. The molecule has 0 unspecified atom stereocenters. The molecule has 22 heavy (non-hydrogen) atoms. The van der Waals surface area contributed by atoms with Crippen LogP contribution in [0.4, 0.5) is 0 Å². The molecule has 1 amide bonds. The molecule has 1 saturated heterocycles. The normalized spacial score (nSPS) is 22.0. The number of benzene rings is 1. The van der Waals surface area contributed by atoms with Crippen molar-refractivity contribution in [1.29, 1.82) is 5.26 Å². The van der Waals surface area contributed by atoms with Gasteiger partial charge in [0.25, 0.3) is 5.91 Å². The summed E-state index contributed by atoms with van der Waals surface area (Å²) in [4.78, 5) is 25.9. The van der Waals surface area contributed by atoms with Crippen LogP contribution in [-0.4, -0.2) is 37.0 Å². The van der Waals surface area contributed by atoms with Crippen LogP contribution < -0.4 is 0 Å². The number of carbonyl (C=O) groups excluding carboxylic acids is 2. The molecule has 1 aliphatic heterocycles. The Balaban J connectivity index is 1.61. The van der Waals surface area contributed by atoms with E-state index >= 15 is 0 Å². The van der Waals surface area contributed by atoms with Crippen LogP contribution >= 0.6 is 0 Å². The summed E-state index contributed by atoms with van der Waals surface area (Å²) in [6.07, 6.45) is 2.60. The highest BCUT2D eigenvalue weighted by Crippen LogP contribution is 2.59. The highest BCUT2D eigenvalue weighted by atomic mass is 16.5. The molecule has 1 heterocycles. The third-order valence-electron chi connectivity index (χ3n) is 4.98. The number of hydrogen-bond acceptors (Lipinski definition) is 4. The van der Waals surface area contributed by atoms with E-state index in [0.29, 0.717) is 24.2 Å². The molecule has 2 fully saturated rings. The monoisotopic (exact) mass is 298 g/mol. The molecule has 1 saturated carbocycles. The Morgan fingerprint density at radius 1 is 1.27 bits per heavy atom. The molecule has 1 spiro atoms. The van der Waals surface area contributed by atoms with Gasteiger partial charge >= 0.3 is 5.97 Å². The third-order valence-corrected chi connectivity index (χ3v) is 4.98. The van der Waals surface area contributed by atoms with Crippen LogP contribution in [0.3, 0.4) is 0 Å². The minimum Gasteiger partial charge on any atom is -0.469 e. The average molecular weight is 298 g/mol. The van der Waals surface area contributed by atoms with Crippen LogP contribution in [0, 0.1) is 22.7 Å². The Hall–Kier alpha value is -2.35. The third kappa shape index (κ3) is 2.45. The van der Waals surface area contributed by atoms with E-state index in [1.807, 2.05) is 11.0 Å². The minimum atomic E-state index is -0.119. The summed E-state index contributed by atoms with van der Waals surface area (Å²) in [5.41, 5.74) is 1.22. The first-order valence-electron chi connectivity index (χ1n) is 7.47. The zero-order valence-corrected chi connectivity index (χ0v) is 12.5. The first-order valence-corrected chi connectivity index (χ1v) is 7.47. The lowest BCUT2D eigenvalue weighted by Gasteiger charge is -2.32. The van der Waals surface area contributed by atoms with Crippen LogP contribution in [0.2, 0.25) is 0 Å². The Kier molecular flexibility index (Phi) is 3.61. The van der Waals surface area contributed by atoms with E-state index in [4.69, 9.17) is 10.00 Å². The van der Waals surface area contributed by atoms with E-state index in [1.165, 1.54) is 7.11 Å². The molecule has 0 N–H and O–H groups in total. The van der Waals surface area contributed by atoms with Crippen LogP contribution in [0.1, 0.15) is 35.2 Å². The van der Waals surface area contributed by atoms with Crippen LogP contribution in [0.25, 0.3) is 0 Å². The number of nitrogens with zero attached hydrogens (tertiary/aromatic N) is 2. The summed E-state index contributed by atoms with van der Waals surface area (Å²) in [5, 5.41) is 8.79. The van der Waals surface area contributed by atoms with Gasteiger partial charge in [-0.25, -0.2) is 0 Å². The van der Waals surface area contributed by atoms with Crippen molar-refractivity contribution in [3.8, 4) is 6.07 Å². The SMILES string of the molecule is COC(=O)[C@H]1CC12CCN(C(=O)c1ccc(C#N)cc1)CC2. The molecule has 114 valence electrons. The minimum absolute atomic E-state index is 0.00499. The van der Waals surface area contributed by atoms with E-state index in [1.54, 1.807) is 24.3 Å². The van der Waals surface area contributed by atoms with Crippen molar-refractivity contribution in [2.45, 2.75) is 19.3 Å². The second-order valence-electron chi connectivity index (χ2n) is 6.12. The Morgan fingerprint density at radius 3 is 2.45 bits per heavy atom. The molecule has 0 radical (unpaired) electrons. The molecule has 1 atom stereocenters. The van der Waals surface area contributed by atoms with Crippen molar-refractivity contribution in [3.63, 3.8) is 0 Å². The van der Waals surface area contributed by atoms with E-state index in [0.717, 1.165) is 19.3 Å². The summed E-state index contributed by atoms with van der Waals surface area (Å²) >= 11 is 0. The Labute approximate surface area is 129 Å². The molecule has 1 aliphatic carbocycles. The van der Waals surface area contributed by atoms with Gasteiger partial charge in [-0.15, -0.1) is 0 Å². The maximum Gasteiger partial charge on any atom is 0.309 e. The highest BCUT2D eigenvalue weighted by molar-refractivity contribution is 5.94. The summed E-state index contributed by atoms with van der Waals surface area (Å²) in [7, 11) is 1.43. The highest BCUT2D eigenvalue weighted by Gasteiger charge is 2.59. The first kappa shape index (κ1) is 14.6. The second kappa shape index (κ2) is 5.45. The predicted molar refractivity (Wildman–Crippen MR) is 78.9 cm³/mol. The fraction of sp³-hybridized carbons (Fsp3) is 0.471. The number of ether oxygens (including phenoxy) is 1. The van der Waals surface area contributed by atoms with Crippen molar-refractivity contribution in [3.05, 3.63) is 35.4 Å². The number of hydrogen-bond donors (Lipinski definition) is 0. The maximum absolute atomic E-state index is 12.5. The Bertz CT molecular complexity index is 637. The maximum atomic E-state index is 12.5. The molecule has 2 aliphatic rings. The topological polar surface area (TPSA) is 70.4 Å². The molecule has 0 bridgehead atoms. The van der Waals surface area contributed by atoms with Crippen molar-refractivity contribution in [2.75, 3.05) is 20.2 Å². The van der Waals surface area contributed by atoms with E-state index in [-0.39, 0.29) is 23.2 Å². The molecular formula is C17H18N2O3. The van der Waals surface area contributed by atoms with Gasteiger partial charge in [0.2, 0.25) is 0 Å². The molecule has 5 nitrogen and oxygen atoms in total. The van der Waals surface area contributed by atoms with Gasteiger partial charge < -0.3 is 9.64 Å². The number of esters is 1. The van der Waals surface area contributed by atoms with E-state index < -0.39 is 0 Å². The van der Waals surface area contributed by atoms with Gasteiger partial charge in [-0.1, -0.05) is 0 Å². The molecule has 5 heteroatoms. The van der Waals surface area contributed by atoms with Gasteiger partial charge in [0.1, 0.15) is 0 Å². The molecular weight excluding hydrogens is 280 g/mol. The zero-order valence-electron chi connectivity index (χ0n) is 12.5. The number of amides is 1. The number of rotatable bonds is 2. The predicted octanol–water partition coefficient (Wildman–Crippen LogP) is 1.97. The molecule has 3 rings (SSSR count). The second-order valence-corrected chi connectivity index (χ2v) is 6.12. The van der Waals surface area contributed by atoms with Gasteiger partial charge in [-0.05, 0) is 48.9 Å². The van der Waals surface area contributed by atoms with Gasteiger partial charge in [-0.3, -0.25) is 9.59 Å². The Morgan fingerprint density at radius 2 is 1.91 bits per heavy atom. The van der Waals surface area contributed by atoms with Crippen molar-refractivity contribution in [2.24, 2.45) is 11.3 Å². The lowest BCUT2D eigenvalue weighted by Crippen LogP contribution is -2.40. The lowest BCUT2D eigenvalue weighted by molar-refractivity contribution is -0.143. The van der Waals surface area contributed by atoms with Crippen molar-refractivity contribution < 1.29 is 14.3 Å².